The predicted octanol–water partition coefficient (Wildman–Crippen LogP) is 2.35. The van der Waals surface area contributed by atoms with E-state index >= 15 is 0 Å². The molecule has 1 aliphatic carbocycles. The monoisotopic (exact) mass is 265 g/mol. The molecule has 1 saturated carbocycles. The molecule has 1 fully saturated rings. The number of nitro benzene ring substituents is 1. The van der Waals surface area contributed by atoms with Crippen molar-refractivity contribution in [2.75, 3.05) is 17.7 Å². The van der Waals surface area contributed by atoms with Crippen molar-refractivity contribution in [2.45, 2.75) is 37.8 Å². The standard InChI is InChI=1S/C13H19N3O3/c1-14-10-6-11(8-12(7-10)16(18)19)15-9-2-4-13(17)5-3-9/h6-9,13-15,17H,2-5H2,1H3. The van der Waals surface area contributed by atoms with Gasteiger partial charge in [0.1, 0.15) is 0 Å². The molecule has 104 valence electrons. The van der Waals surface area contributed by atoms with Crippen LogP contribution in [0.15, 0.2) is 18.2 Å². The van der Waals surface area contributed by atoms with Crippen molar-refractivity contribution in [1.29, 1.82) is 0 Å². The molecule has 0 amide bonds. The second-order valence-electron chi connectivity index (χ2n) is 4.93. The van der Waals surface area contributed by atoms with Gasteiger partial charge in [-0.1, -0.05) is 0 Å². The van der Waals surface area contributed by atoms with Gasteiger partial charge in [-0.15, -0.1) is 0 Å². The molecule has 3 N–H and O–H groups in total. The molecule has 1 aromatic rings. The first-order valence-electron chi connectivity index (χ1n) is 6.50. The fraction of sp³-hybridized carbons (Fsp3) is 0.538. The number of benzene rings is 1. The SMILES string of the molecule is CNc1cc(NC2CCC(O)CC2)cc([N+](=O)[O-])c1. The molecule has 0 heterocycles. The molecule has 0 saturated heterocycles. The van der Waals surface area contributed by atoms with E-state index in [-0.39, 0.29) is 17.8 Å². The van der Waals surface area contributed by atoms with Crippen molar-refractivity contribution in [3.05, 3.63) is 28.3 Å². The summed E-state index contributed by atoms with van der Waals surface area (Å²) in [5, 5.41) is 26.6. The number of non-ortho nitro benzene ring substituents is 1. The van der Waals surface area contributed by atoms with Gasteiger partial charge in [0.2, 0.25) is 0 Å². The highest BCUT2D eigenvalue weighted by molar-refractivity contribution is 5.63. The maximum atomic E-state index is 10.9. The van der Waals surface area contributed by atoms with Crippen molar-refractivity contribution in [1.82, 2.24) is 0 Å². The van der Waals surface area contributed by atoms with Gasteiger partial charge in [0.25, 0.3) is 5.69 Å². The molecule has 19 heavy (non-hydrogen) atoms. The summed E-state index contributed by atoms with van der Waals surface area (Å²) < 4.78 is 0. The second kappa shape index (κ2) is 5.88. The molecule has 1 aliphatic rings. The van der Waals surface area contributed by atoms with Gasteiger partial charge >= 0.3 is 0 Å². The molecule has 0 radical (unpaired) electrons. The molecule has 0 unspecified atom stereocenters. The van der Waals surface area contributed by atoms with E-state index in [1.165, 1.54) is 6.07 Å². The number of nitrogens with one attached hydrogen (secondary N) is 2. The van der Waals surface area contributed by atoms with Gasteiger partial charge in [-0.2, -0.15) is 0 Å². The lowest BCUT2D eigenvalue weighted by atomic mass is 9.93. The molecule has 0 aromatic heterocycles. The van der Waals surface area contributed by atoms with Crippen LogP contribution in [-0.2, 0) is 0 Å². The minimum absolute atomic E-state index is 0.0743. The van der Waals surface area contributed by atoms with Crippen molar-refractivity contribution < 1.29 is 10.0 Å². The Balaban J connectivity index is 2.10. The number of nitrogens with zero attached hydrogens (tertiary/aromatic N) is 1. The fourth-order valence-corrected chi connectivity index (χ4v) is 2.40. The molecule has 1 aromatic carbocycles. The zero-order valence-corrected chi connectivity index (χ0v) is 10.9. The summed E-state index contributed by atoms with van der Waals surface area (Å²) in [5.41, 5.74) is 1.54. The number of aliphatic hydroxyl groups is 1. The Kier molecular flexibility index (Phi) is 4.21. The Morgan fingerprint density at radius 2 is 1.84 bits per heavy atom. The van der Waals surface area contributed by atoms with Crippen LogP contribution in [0.5, 0.6) is 0 Å². The van der Waals surface area contributed by atoms with E-state index in [4.69, 9.17) is 0 Å². The molecule has 0 aliphatic heterocycles. The number of aliphatic hydroxyl groups excluding tert-OH is 1. The minimum atomic E-state index is -0.392. The lowest BCUT2D eigenvalue weighted by molar-refractivity contribution is -0.384. The van der Waals surface area contributed by atoms with Gasteiger partial charge < -0.3 is 15.7 Å². The Labute approximate surface area is 112 Å². The number of nitro groups is 1. The quantitative estimate of drug-likeness (QED) is 0.574. The summed E-state index contributed by atoms with van der Waals surface area (Å²) >= 11 is 0. The van der Waals surface area contributed by atoms with Crippen LogP contribution >= 0.6 is 0 Å². The maximum absolute atomic E-state index is 10.9. The molecule has 6 nitrogen and oxygen atoms in total. The Morgan fingerprint density at radius 3 is 2.42 bits per heavy atom. The summed E-state index contributed by atoms with van der Waals surface area (Å²) in [5.74, 6) is 0. The summed E-state index contributed by atoms with van der Waals surface area (Å²) in [4.78, 5) is 10.5. The van der Waals surface area contributed by atoms with Crippen LogP contribution in [-0.4, -0.2) is 29.2 Å². The fourth-order valence-electron chi connectivity index (χ4n) is 2.40. The van der Waals surface area contributed by atoms with Gasteiger partial charge in [0.05, 0.1) is 11.0 Å². The molecular weight excluding hydrogens is 246 g/mol. The van der Waals surface area contributed by atoms with Crippen molar-refractivity contribution in [3.63, 3.8) is 0 Å². The molecule has 0 spiro atoms. The average Bonchev–Trinajstić information content (AvgIpc) is 2.41. The Bertz CT molecular complexity index is 456. The first kappa shape index (κ1) is 13.6. The number of rotatable bonds is 4. The maximum Gasteiger partial charge on any atom is 0.273 e. The summed E-state index contributed by atoms with van der Waals surface area (Å²) in [6.07, 6.45) is 3.14. The lowest BCUT2D eigenvalue weighted by Crippen LogP contribution is -2.28. The topological polar surface area (TPSA) is 87.4 Å². The van der Waals surface area contributed by atoms with Crippen LogP contribution in [0.3, 0.4) is 0 Å². The Hall–Kier alpha value is -1.82. The minimum Gasteiger partial charge on any atom is -0.393 e. The smallest absolute Gasteiger partial charge is 0.273 e. The lowest BCUT2D eigenvalue weighted by Gasteiger charge is -2.27. The highest BCUT2D eigenvalue weighted by Crippen LogP contribution is 2.27. The second-order valence-corrected chi connectivity index (χ2v) is 4.93. The molecule has 0 atom stereocenters. The third kappa shape index (κ3) is 3.57. The van der Waals surface area contributed by atoms with Crippen LogP contribution in [0.1, 0.15) is 25.7 Å². The summed E-state index contributed by atoms with van der Waals surface area (Å²) in [6, 6.07) is 5.19. The van der Waals surface area contributed by atoms with Gasteiger partial charge in [0.15, 0.2) is 0 Å². The Morgan fingerprint density at radius 1 is 1.21 bits per heavy atom. The van der Waals surface area contributed by atoms with E-state index in [0.29, 0.717) is 5.69 Å². The zero-order valence-electron chi connectivity index (χ0n) is 10.9. The van der Waals surface area contributed by atoms with E-state index < -0.39 is 4.92 Å². The predicted molar refractivity (Wildman–Crippen MR) is 74.5 cm³/mol. The first-order chi connectivity index (χ1) is 9.08. The molecule has 6 heteroatoms. The molecular formula is C13H19N3O3. The summed E-state index contributed by atoms with van der Waals surface area (Å²) in [6.45, 7) is 0. The largest absolute Gasteiger partial charge is 0.393 e. The van der Waals surface area contributed by atoms with Gasteiger partial charge in [-0.3, -0.25) is 10.1 Å². The van der Waals surface area contributed by atoms with Crippen molar-refractivity contribution >= 4 is 17.1 Å². The highest BCUT2D eigenvalue weighted by atomic mass is 16.6. The normalized spacial score (nSPS) is 22.8. The van der Waals surface area contributed by atoms with Crippen LogP contribution in [0, 0.1) is 10.1 Å². The van der Waals surface area contributed by atoms with Crippen molar-refractivity contribution in [3.8, 4) is 0 Å². The number of anilines is 2. The molecule has 0 bridgehead atoms. The van der Waals surface area contributed by atoms with Crippen LogP contribution in [0.4, 0.5) is 17.1 Å². The van der Waals surface area contributed by atoms with Gasteiger partial charge in [-0.05, 0) is 31.7 Å². The van der Waals surface area contributed by atoms with Crippen molar-refractivity contribution in [2.24, 2.45) is 0 Å². The number of hydrogen-bond donors (Lipinski definition) is 3. The van der Waals surface area contributed by atoms with Gasteiger partial charge in [-0.25, -0.2) is 0 Å². The van der Waals surface area contributed by atoms with Crippen LogP contribution in [0.2, 0.25) is 0 Å². The van der Waals surface area contributed by atoms with Crippen LogP contribution in [0.25, 0.3) is 0 Å². The third-order valence-corrected chi connectivity index (χ3v) is 3.48. The molecule has 2 rings (SSSR count). The summed E-state index contributed by atoms with van der Waals surface area (Å²) in [7, 11) is 1.74. The van der Waals surface area contributed by atoms with E-state index in [1.54, 1.807) is 13.1 Å². The van der Waals surface area contributed by atoms with Crippen LogP contribution < -0.4 is 10.6 Å². The van der Waals surface area contributed by atoms with E-state index in [1.807, 2.05) is 6.07 Å². The van der Waals surface area contributed by atoms with E-state index in [2.05, 4.69) is 10.6 Å². The first-order valence-corrected chi connectivity index (χ1v) is 6.50. The van der Waals surface area contributed by atoms with Gasteiger partial charge in [0, 0.05) is 36.6 Å². The number of hydrogen-bond acceptors (Lipinski definition) is 5. The third-order valence-electron chi connectivity index (χ3n) is 3.48. The van der Waals surface area contributed by atoms with E-state index in [0.717, 1.165) is 31.4 Å². The average molecular weight is 265 g/mol. The van der Waals surface area contributed by atoms with E-state index in [9.17, 15) is 15.2 Å². The highest BCUT2D eigenvalue weighted by Gasteiger charge is 2.20. The zero-order chi connectivity index (χ0) is 13.8.